The molecule has 1 N–H and O–H groups in total. The van der Waals surface area contributed by atoms with E-state index in [1.54, 1.807) is 12.4 Å². The summed E-state index contributed by atoms with van der Waals surface area (Å²) in [6, 6.07) is 4.13. The van der Waals surface area contributed by atoms with Crippen LogP contribution in [0, 0.1) is 5.92 Å². The Bertz CT molecular complexity index is 429. The van der Waals surface area contributed by atoms with E-state index in [-0.39, 0.29) is 11.9 Å². The van der Waals surface area contributed by atoms with Crippen molar-refractivity contribution in [3.05, 3.63) is 30.1 Å². The summed E-state index contributed by atoms with van der Waals surface area (Å²) in [5.74, 6) is 0.881. The second-order valence-corrected chi connectivity index (χ2v) is 6.16. The Morgan fingerprint density at radius 2 is 2.00 bits per heavy atom. The van der Waals surface area contributed by atoms with Crippen molar-refractivity contribution in [1.29, 1.82) is 0 Å². The number of hydrogen-bond acceptors (Lipinski definition) is 3. The number of aromatic nitrogens is 1. The maximum absolute atomic E-state index is 12.2. The molecule has 1 aromatic heterocycles. The molecule has 2 rings (SSSR count). The van der Waals surface area contributed by atoms with Crippen molar-refractivity contribution >= 4 is 5.91 Å². The third-order valence-corrected chi connectivity index (χ3v) is 4.45. The molecule has 1 heterocycles. The Morgan fingerprint density at radius 1 is 1.33 bits per heavy atom. The van der Waals surface area contributed by atoms with Crippen molar-refractivity contribution in [3.63, 3.8) is 0 Å². The zero-order valence-corrected chi connectivity index (χ0v) is 13.2. The molecule has 1 aliphatic carbocycles. The van der Waals surface area contributed by atoms with E-state index in [4.69, 9.17) is 0 Å². The molecular formula is C17H27N3O. The van der Waals surface area contributed by atoms with Crippen LogP contribution in [-0.4, -0.2) is 35.9 Å². The van der Waals surface area contributed by atoms with Crippen LogP contribution in [0.25, 0.3) is 0 Å². The van der Waals surface area contributed by atoms with Crippen LogP contribution >= 0.6 is 0 Å². The number of hydrogen-bond donors (Lipinski definition) is 1. The molecule has 0 bridgehead atoms. The van der Waals surface area contributed by atoms with Gasteiger partial charge in [0.2, 0.25) is 5.91 Å². The van der Waals surface area contributed by atoms with Crippen LogP contribution in [0.5, 0.6) is 0 Å². The molecule has 0 aliphatic heterocycles. The van der Waals surface area contributed by atoms with E-state index < -0.39 is 0 Å². The van der Waals surface area contributed by atoms with Crippen molar-refractivity contribution in [3.8, 4) is 0 Å². The molecule has 0 saturated heterocycles. The number of likely N-dealkylation sites (N-methyl/N-ethyl adjacent to an activating group) is 1. The van der Waals surface area contributed by atoms with Gasteiger partial charge in [-0.2, -0.15) is 0 Å². The summed E-state index contributed by atoms with van der Waals surface area (Å²) < 4.78 is 0. The van der Waals surface area contributed by atoms with Crippen LogP contribution < -0.4 is 5.32 Å². The molecule has 21 heavy (non-hydrogen) atoms. The number of carbonyl (C=O) groups excluding carboxylic acids is 1. The summed E-state index contributed by atoms with van der Waals surface area (Å²) in [5, 5.41) is 3.30. The van der Waals surface area contributed by atoms with E-state index >= 15 is 0 Å². The lowest BCUT2D eigenvalue weighted by Gasteiger charge is -2.27. The van der Waals surface area contributed by atoms with Crippen molar-refractivity contribution < 1.29 is 4.79 Å². The lowest BCUT2D eigenvalue weighted by molar-refractivity contribution is -0.129. The van der Waals surface area contributed by atoms with Crippen LogP contribution in [-0.2, 0) is 4.79 Å². The van der Waals surface area contributed by atoms with Gasteiger partial charge in [0.1, 0.15) is 0 Å². The molecule has 1 saturated carbocycles. The predicted octanol–water partition coefficient (Wildman–Crippen LogP) is 2.77. The van der Waals surface area contributed by atoms with Crippen molar-refractivity contribution in [2.45, 2.75) is 45.1 Å². The molecule has 1 amide bonds. The number of pyridine rings is 1. The first kappa shape index (κ1) is 16.0. The Hall–Kier alpha value is -1.42. The quantitative estimate of drug-likeness (QED) is 0.876. The minimum Gasteiger partial charge on any atom is -0.344 e. The standard InChI is InChI=1S/C17H27N3O/c1-14(16-8-10-18-11-9-16)19-12-17(21)20(2)13-15-6-4-3-5-7-15/h8-11,14-15,19H,3-7,12-13H2,1-2H3. The minimum atomic E-state index is 0.167. The molecule has 1 fully saturated rings. The molecule has 0 spiro atoms. The summed E-state index contributed by atoms with van der Waals surface area (Å²) in [7, 11) is 1.93. The third-order valence-electron chi connectivity index (χ3n) is 4.45. The highest BCUT2D eigenvalue weighted by molar-refractivity contribution is 5.78. The van der Waals surface area contributed by atoms with Gasteiger partial charge in [-0.3, -0.25) is 9.78 Å². The molecule has 4 heteroatoms. The summed E-state index contributed by atoms with van der Waals surface area (Å²) >= 11 is 0. The third kappa shape index (κ3) is 5.12. The first-order valence-electron chi connectivity index (χ1n) is 8.04. The van der Waals surface area contributed by atoms with E-state index in [0.29, 0.717) is 12.5 Å². The fraction of sp³-hybridized carbons (Fsp3) is 0.647. The Balaban J connectivity index is 1.73. The SMILES string of the molecule is CC(NCC(=O)N(C)CC1CCCCC1)c1ccncc1. The number of rotatable bonds is 6. The van der Waals surface area contributed by atoms with E-state index in [1.807, 2.05) is 24.1 Å². The monoisotopic (exact) mass is 289 g/mol. The maximum Gasteiger partial charge on any atom is 0.236 e. The minimum absolute atomic E-state index is 0.167. The molecule has 1 unspecified atom stereocenters. The average Bonchev–Trinajstić information content (AvgIpc) is 2.54. The zero-order chi connectivity index (χ0) is 15.1. The summed E-state index contributed by atoms with van der Waals surface area (Å²) in [6.07, 6.45) is 10.1. The van der Waals surface area contributed by atoms with Gasteiger partial charge in [0.15, 0.2) is 0 Å². The Morgan fingerprint density at radius 3 is 2.67 bits per heavy atom. The Kier molecular flexibility index (Phi) is 6.18. The second-order valence-electron chi connectivity index (χ2n) is 6.16. The van der Waals surface area contributed by atoms with Gasteiger partial charge in [0, 0.05) is 32.0 Å². The first-order chi connectivity index (χ1) is 10.2. The number of amides is 1. The van der Waals surface area contributed by atoms with Crippen LogP contribution in [0.4, 0.5) is 0 Å². The second kappa shape index (κ2) is 8.13. The number of nitrogens with one attached hydrogen (secondary N) is 1. The molecule has 116 valence electrons. The predicted molar refractivity (Wildman–Crippen MR) is 84.9 cm³/mol. The van der Waals surface area contributed by atoms with Gasteiger partial charge in [-0.05, 0) is 43.4 Å². The van der Waals surface area contributed by atoms with Crippen molar-refractivity contribution in [2.24, 2.45) is 5.92 Å². The van der Waals surface area contributed by atoms with Crippen LogP contribution in [0.1, 0.15) is 50.6 Å². The molecular weight excluding hydrogens is 262 g/mol. The largest absolute Gasteiger partial charge is 0.344 e. The highest BCUT2D eigenvalue weighted by Crippen LogP contribution is 2.24. The topological polar surface area (TPSA) is 45.2 Å². The fourth-order valence-corrected chi connectivity index (χ4v) is 3.00. The molecule has 0 radical (unpaired) electrons. The lowest BCUT2D eigenvalue weighted by atomic mass is 9.89. The van der Waals surface area contributed by atoms with Crippen LogP contribution in [0.15, 0.2) is 24.5 Å². The van der Waals surface area contributed by atoms with Gasteiger partial charge in [-0.25, -0.2) is 0 Å². The molecule has 1 aromatic rings. The summed E-state index contributed by atoms with van der Waals surface area (Å²) in [4.78, 5) is 18.1. The van der Waals surface area contributed by atoms with Crippen LogP contribution in [0.2, 0.25) is 0 Å². The Labute approximate surface area is 127 Å². The molecule has 1 atom stereocenters. The highest BCUT2D eigenvalue weighted by atomic mass is 16.2. The fourth-order valence-electron chi connectivity index (χ4n) is 3.00. The van der Waals surface area contributed by atoms with Gasteiger partial charge in [-0.1, -0.05) is 19.3 Å². The van der Waals surface area contributed by atoms with Gasteiger partial charge < -0.3 is 10.2 Å². The van der Waals surface area contributed by atoms with E-state index in [2.05, 4.69) is 17.2 Å². The summed E-state index contributed by atoms with van der Waals surface area (Å²) in [5.41, 5.74) is 1.16. The molecule has 0 aromatic carbocycles. The van der Waals surface area contributed by atoms with E-state index in [9.17, 15) is 4.79 Å². The highest BCUT2D eigenvalue weighted by Gasteiger charge is 2.18. The molecule has 1 aliphatic rings. The van der Waals surface area contributed by atoms with Crippen molar-refractivity contribution in [1.82, 2.24) is 15.2 Å². The average molecular weight is 289 g/mol. The summed E-state index contributed by atoms with van der Waals surface area (Å²) in [6.45, 7) is 3.38. The first-order valence-corrected chi connectivity index (χ1v) is 8.04. The van der Waals surface area contributed by atoms with Gasteiger partial charge >= 0.3 is 0 Å². The van der Waals surface area contributed by atoms with E-state index in [1.165, 1.54) is 32.1 Å². The molecule has 4 nitrogen and oxygen atoms in total. The smallest absolute Gasteiger partial charge is 0.236 e. The van der Waals surface area contributed by atoms with E-state index in [0.717, 1.165) is 12.1 Å². The maximum atomic E-state index is 12.2. The van der Waals surface area contributed by atoms with Crippen molar-refractivity contribution in [2.75, 3.05) is 20.1 Å². The van der Waals surface area contributed by atoms with Crippen LogP contribution in [0.3, 0.4) is 0 Å². The normalized spacial score (nSPS) is 17.4. The van der Waals surface area contributed by atoms with Gasteiger partial charge in [0.25, 0.3) is 0 Å². The van der Waals surface area contributed by atoms with Gasteiger partial charge in [-0.15, -0.1) is 0 Å². The zero-order valence-electron chi connectivity index (χ0n) is 13.2. The number of carbonyl (C=O) groups is 1. The lowest BCUT2D eigenvalue weighted by Crippen LogP contribution is -2.39. The van der Waals surface area contributed by atoms with Gasteiger partial charge in [0.05, 0.1) is 6.54 Å². The number of nitrogens with zero attached hydrogens (tertiary/aromatic N) is 2.